The lowest BCUT2D eigenvalue weighted by Crippen LogP contribution is -2.38. The molecule has 1 aromatic carbocycles. The summed E-state index contributed by atoms with van der Waals surface area (Å²) in [5.74, 6) is 1.90. The van der Waals surface area contributed by atoms with Crippen LogP contribution >= 0.6 is 0 Å². The molecule has 1 amide bonds. The van der Waals surface area contributed by atoms with Crippen LogP contribution in [-0.2, 0) is 11.3 Å². The summed E-state index contributed by atoms with van der Waals surface area (Å²) in [5.41, 5.74) is 1.74. The Balaban J connectivity index is 1.79. The molecule has 3 rings (SSSR count). The summed E-state index contributed by atoms with van der Waals surface area (Å²) in [6, 6.07) is 8.49. The van der Waals surface area contributed by atoms with Crippen molar-refractivity contribution in [1.82, 2.24) is 9.47 Å². The number of rotatable bonds is 6. The van der Waals surface area contributed by atoms with E-state index >= 15 is 0 Å². The Kier molecular flexibility index (Phi) is 6.03. The van der Waals surface area contributed by atoms with Crippen molar-refractivity contribution >= 4 is 11.5 Å². The number of pyridine rings is 1. The molecule has 7 nitrogen and oxygen atoms in total. The molecule has 0 unspecified atom stereocenters. The molecular weight excluding hydrogens is 360 g/mol. The fourth-order valence-corrected chi connectivity index (χ4v) is 3.28. The highest BCUT2D eigenvalue weighted by Gasteiger charge is 2.23. The maximum atomic E-state index is 12.6. The first kappa shape index (κ1) is 19.5. The second-order valence-electron chi connectivity index (χ2n) is 6.39. The summed E-state index contributed by atoms with van der Waals surface area (Å²) in [7, 11) is 4.80. The molecule has 0 saturated carbocycles. The standard InChI is InChI=1S/C21H24N2O5/c1-26-16-12-17(27-2)21(18(13-16)28-3)15-7-10-22(11-8-15)20(25)14-23-9-5-4-6-19(23)24/h4-7,9,12-13H,8,10-11,14H2,1-3H3. The minimum Gasteiger partial charge on any atom is -0.496 e. The summed E-state index contributed by atoms with van der Waals surface area (Å²) >= 11 is 0. The average molecular weight is 384 g/mol. The monoisotopic (exact) mass is 384 g/mol. The Bertz CT molecular complexity index is 923. The normalized spacial score (nSPS) is 13.7. The topological polar surface area (TPSA) is 70.0 Å². The van der Waals surface area contributed by atoms with Crippen molar-refractivity contribution < 1.29 is 19.0 Å². The van der Waals surface area contributed by atoms with Crippen LogP contribution in [0.15, 0.2) is 47.4 Å². The van der Waals surface area contributed by atoms with Crippen LogP contribution in [0.4, 0.5) is 0 Å². The second-order valence-corrected chi connectivity index (χ2v) is 6.39. The van der Waals surface area contributed by atoms with Gasteiger partial charge in [0, 0.05) is 37.5 Å². The van der Waals surface area contributed by atoms with Crippen molar-refractivity contribution in [3.8, 4) is 17.2 Å². The number of aromatic nitrogens is 1. The lowest BCUT2D eigenvalue weighted by molar-refractivity contribution is -0.131. The fraction of sp³-hybridized carbons (Fsp3) is 0.333. The predicted octanol–water partition coefficient (Wildman–Crippen LogP) is 2.19. The number of nitrogens with zero attached hydrogens (tertiary/aromatic N) is 2. The summed E-state index contributed by atoms with van der Waals surface area (Å²) in [4.78, 5) is 26.1. The highest BCUT2D eigenvalue weighted by molar-refractivity contribution is 5.81. The maximum Gasteiger partial charge on any atom is 0.250 e. The zero-order chi connectivity index (χ0) is 20.1. The molecule has 0 aliphatic carbocycles. The highest BCUT2D eigenvalue weighted by Crippen LogP contribution is 2.40. The molecule has 0 N–H and O–H groups in total. The Morgan fingerprint density at radius 2 is 1.79 bits per heavy atom. The molecule has 2 aromatic rings. The van der Waals surface area contributed by atoms with E-state index in [0.29, 0.717) is 36.8 Å². The molecule has 0 fully saturated rings. The molecule has 2 heterocycles. The molecule has 0 saturated heterocycles. The van der Waals surface area contributed by atoms with E-state index in [0.717, 1.165) is 11.1 Å². The van der Waals surface area contributed by atoms with E-state index < -0.39 is 0 Å². The molecule has 1 aliphatic heterocycles. The smallest absolute Gasteiger partial charge is 0.250 e. The number of carbonyl (C=O) groups is 1. The number of carbonyl (C=O) groups excluding carboxylic acids is 1. The zero-order valence-electron chi connectivity index (χ0n) is 16.3. The number of ether oxygens (including phenoxy) is 3. The number of hydrogen-bond acceptors (Lipinski definition) is 5. The Labute approximate surface area is 163 Å². The van der Waals surface area contributed by atoms with Gasteiger partial charge in [0.05, 0.1) is 26.9 Å². The molecule has 0 spiro atoms. The summed E-state index contributed by atoms with van der Waals surface area (Å²) in [5, 5.41) is 0. The number of hydrogen-bond donors (Lipinski definition) is 0. The minimum atomic E-state index is -0.184. The van der Waals surface area contributed by atoms with Crippen LogP contribution in [0.25, 0.3) is 5.57 Å². The fourth-order valence-electron chi connectivity index (χ4n) is 3.28. The summed E-state index contributed by atoms with van der Waals surface area (Å²) < 4.78 is 17.8. The Hall–Kier alpha value is -3.22. The van der Waals surface area contributed by atoms with Gasteiger partial charge < -0.3 is 23.7 Å². The third kappa shape index (κ3) is 4.03. The van der Waals surface area contributed by atoms with Crippen molar-refractivity contribution in [3.63, 3.8) is 0 Å². The van der Waals surface area contributed by atoms with Gasteiger partial charge in [-0.1, -0.05) is 12.1 Å². The van der Waals surface area contributed by atoms with Crippen LogP contribution < -0.4 is 19.8 Å². The quantitative estimate of drug-likeness (QED) is 0.764. The van der Waals surface area contributed by atoms with Gasteiger partial charge in [0.25, 0.3) is 5.56 Å². The lowest BCUT2D eigenvalue weighted by Gasteiger charge is -2.28. The van der Waals surface area contributed by atoms with E-state index in [2.05, 4.69) is 0 Å². The van der Waals surface area contributed by atoms with Gasteiger partial charge in [-0.05, 0) is 18.1 Å². The molecular formula is C21H24N2O5. The van der Waals surface area contributed by atoms with Crippen LogP contribution in [0.2, 0.25) is 0 Å². The Morgan fingerprint density at radius 3 is 2.32 bits per heavy atom. The molecule has 1 aliphatic rings. The van der Waals surface area contributed by atoms with E-state index in [-0.39, 0.29) is 18.0 Å². The number of benzene rings is 1. The second kappa shape index (κ2) is 8.65. The van der Waals surface area contributed by atoms with E-state index in [1.807, 2.05) is 18.2 Å². The number of amides is 1. The molecule has 1 aromatic heterocycles. The molecule has 148 valence electrons. The zero-order valence-corrected chi connectivity index (χ0v) is 16.3. The van der Waals surface area contributed by atoms with Gasteiger partial charge in [-0.15, -0.1) is 0 Å². The van der Waals surface area contributed by atoms with Crippen molar-refractivity contribution in [2.45, 2.75) is 13.0 Å². The van der Waals surface area contributed by atoms with Gasteiger partial charge in [0.1, 0.15) is 23.8 Å². The molecule has 28 heavy (non-hydrogen) atoms. The predicted molar refractivity (Wildman–Crippen MR) is 106 cm³/mol. The molecule has 0 bridgehead atoms. The first-order valence-corrected chi connectivity index (χ1v) is 9.00. The van der Waals surface area contributed by atoms with Gasteiger partial charge in [0.2, 0.25) is 5.91 Å². The highest BCUT2D eigenvalue weighted by atomic mass is 16.5. The van der Waals surface area contributed by atoms with Gasteiger partial charge in [0.15, 0.2) is 0 Å². The van der Waals surface area contributed by atoms with Crippen LogP contribution in [0, 0.1) is 0 Å². The van der Waals surface area contributed by atoms with E-state index in [9.17, 15) is 9.59 Å². The van der Waals surface area contributed by atoms with Gasteiger partial charge >= 0.3 is 0 Å². The first-order valence-electron chi connectivity index (χ1n) is 9.00. The average Bonchev–Trinajstić information content (AvgIpc) is 2.74. The lowest BCUT2D eigenvalue weighted by atomic mass is 9.97. The Morgan fingerprint density at radius 1 is 1.07 bits per heavy atom. The van der Waals surface area contributed by atoms with Crippen molar-refractivity contribution in [2.75, 3.05) is 34.4 Å². The van der Waals surface area contributed by atoms with Crippen LogP contribution in [0.3, 0.4) is 0 Å². The van der Waals surface area contributed by atoms with E-state index in [1.54, 1.807) is 44.6 Å². The minimum absolute atomic E-state index is 0.0397. The van der Waals surface area contributed by atoms with Gasteiger partial charge in [-0.25, -0.2) is 0 Å². The van der Waals surface area contributed by atoms with Crippen LogP contribution in [-0.4, -0.2) is 49.8 Å². The van der Waals surface area contributed by atoms with Crippen molar-refractivity contribution in [3.05, 3.63) is 58.5 Å². The SMILES string of the molecule is COc1cc(OC)c(C2=CCN(C(=O)Cn3ccccc3=O)CC2)c(OC)c1. The molecule has 0 atom stereocenters. The number of methoxy groups -OCH3 is 3. The van der Waals surface area contributed by atoms with E-state index in [1.165, 1.54) is 10.6 Å². The van der Waals surface area contributed by atoms with Crippen LogP contribution in [0.5, 0.6) is 17.2 Å². The van der Waals surface area contributed by atoms with E-state index in [4.69, 9.17) is 14.2 Å². The summed E-state index contributed by atoms with van der Waals surface area (Å²) in [6.45, 7) is 1.07. The maximum absolute atomic E-state index is 12.6. The third-order valence-corrected chi connectivity index (χ3v) is 4.80. The van der Waals surface area contributed by atoms with Crippen molar-refractivity contribution in [1.29, 1.82) is 0 Å². The van der Waals surface area contributed by atoms with Crippen molar-refractivity contribution in [2.24, 2.45) is 0 Å². The molecule has 0 radical (unpaired) electrons. The largest absolute Gasteiger partial charge is 0.496 e. The first-order chi connectivity index (χ1) is 13.6. The van der Waals surface area contributed by atoms with Crippen LogP contribution in [0.1, 0.15) is 12.0 Å². The third-order valence-electron chi connectivity index (χ3n) is 4.80. The van der Waals surface area contributed by atoms with Gasteiger partial charge in [-0.3, -0.25) is 9.59 Å². The molecule has 7 heteroatoms. The summed E-state index contributed by atoms with van der Waals surface area (Å²) in [6.07, 6.45) is 4.29. The van der Waals surface area contributed by atoms with Gasteiger partial charge in [-0.2, -0.15) is 0 Å².